The maximum atomic E-state index is 11.5. The van der Waals surface area contributed by atoms with Gasteiger partial charge in [-0.15, -0.1) is 0 Å². The SMILES string of the molecule is CC(C)(C)C1=NC=C(Br)S1(=O)=O. The lowest BCUT2D eigenvalue weighted by atomic mass is 9.99. The van der Waals surface area contributed by atoms with Crippen LogP contribution in [0.5, 0.6) is 0 Å². The first kappa shape index (κ1) is 9.92. The summed E-state index contributed by atoms with van der Waals surface area (Å²) < 4.78 is 23.1. The molecule has 0 N–H and O–H groups in total. The van der Waals surface area contributed by atoms with Gasteiger partial charge < -0.3 is 0 Å². The summed E-state index contributed by atoms with van der Waals surface area (Å²) in [6.07, 6.45) is 1.33. The van der Waals surface area contributed by atoms with Gasteiger partial charge in [0, 0.05) is 5.41 Å². The molecule has 0 spiro atoms. The third-order valence-corrected chi connectivity index (χ3v) is 4.77. The molecule has 0 bridgehead atoms. The lowest BCUT2D eigenvalue weighted by Crippen LogP contribution is -2.26. The number of sulfone groups is 1. The van der Waals surface area contributed by atoms with Crippen LogP contribution in [0.4, 0.5) is 0 Å². The highest BCUT2D eigenvalue weighted by atomic mass is 79.9. The summed E-state index contributed by atoms with van der Waals surface area (Å²) in [5.74, 6) is 0. The fourth-order valence-corrected chi connectivity index (χ4v) is 2.87. The molecule has 1 rings (SSSR count). The Morgan fingerprint density at radius 2 is 1.92 bits per heavy atom. The number of nitrogens with zero attached hydrogens (tertiary/aromatic N) is 1. The van der Waals surface area contributed by atoms with Crippen LogP contribution in [0.3, 0.4) is 0 Å². The number of hydrogen-bond acceptors (Lipinski definition) is 3. The highest BCUT2D eigenvalue weighted by Crippen LogP contribution is 2.31. The van der Waals surface area contributed by atoms with Crippen molar-refractivity contribution in [3.8, 4) is 0 Å². The summed E-state index contributed by atoms with van der Waals surface area (Å²) in [4.78, 5) is 3.86. The Hall–Kier alpha value is -0.160. The van der Waals surface area contributed by atoms with Gasteiger partial charge >= 0.3 is 0 Å². The molecule has 3 nitrogen and oxygen atoms in total. The molecule has 12 heavy (non-hydrogen) atoms. The molecule has 0 atom stereocenters. The van der Waals surface area contributed by atoms with Gasteiger partial charge in [-0.25, -0.2) is 13.4 Å². The zero-order chi connectivity index (χ0) is 9.57. The first-order valence-corrected chi connectivity index (χ1v) is 5.73. The van der Waals surface area contributed by atoms with Crippen LogP contribution < -0.4 is 0 Å². The fourth-order valence-electron chi connectivity index (χ4n) is 0.937. The molecule has 68 valence electrons. The molecule has 0 radical (unpaired) electrons. The quantitative estimate of drug-likeness (QED) is 0.662. The van der Waals surface area contributed by atoms with Crippen LogP contribution in [0.1, 0.15) is 20.8 Å². The van der Waals surface area contributed by atoms with Gasteiger partial charge in [0.05, 0.1) is 6.20 Å². The van der Waals surface area contributed by atoms with Crippen LogP contribution >= 0.6 is 15.9 Å². The van der Waals surface area contributed by atoms with E-state index in [4.69, 9.17) is 0 Å². The third-order valence-electron chi connectivity index (χ3n) is 1.44. The van der Waals surface area contributed by atoms with Crippen LogP contribution in [-0.4, -0.2) is 13.5 Å². The largest absolute Gasteiger partial charge is 0.246 e. The van der Waals surface area contributed by atoms with E-state index in [0.29, 0.717) is 0 Å². The molecule has 1 aliphatic heterocycles. The standard InChI is InChI=1S/C7H10BrNO2S/c1-7(2,3)6-9-4-5(8)12(6,10)11/h4H,1-3H3. The van der Waals surface area contributed by atoms with Crippen molar-refractivity contribution >= 4 is 30.8 Å². The summed E-state index contributed by atoms with van der Waals surface area (Å²) >= 11 is 2.95. The van der Waals surface area contributed by atoms with E-state index in [1.165, 1.54) is 6.20 Å². The molecular formula is C7H10BrNO2S. The maximum Gasteiger partial charge on any atom is 0.228 e. The number of halogens is 1. The van der Waals surface area contributed by atoms with Crippen LogP contribution in [0.25, 0.3) is 0 Å². The molecule has 1 heterocycles. The maximum absolute atomic E-state index is 11.5. The van der Waals surface area contributed by atoms with E-state index in [1.807, 2.05) is 20.8 Å². The van der Waals surface area contributed by atoms with Gasteiger partial charge in [-0.1, -0.05) is 20.8 Å². The lowest BCUT2D eigenvalue weighted by Gasteiger charge is -2.17. The van der Waals surface area contributed by atoms with Crippen molar-refractivity contribution in [1.82, 2.24) is 0 Å². The zero-order valence-electron chi connectivity index (χ0n) is 7.13. The number of hydrogen-bond donors (Lipinski definition) is 0. The Balaban J connectivity index is 3.21. The second-order valence-electron chi connectivity index (χ2n) is 3.62. The van der Waals surface area contributed by atoms with E-state index in [1.54, 1.807) is 0 Å². The smallest absolute Gasteiger partial charge is 0.228 e. The van der Waals surface area contributed by atoms with E-state index in [2.05, 4.69) is 20.9 Å². The highest BCUT2D eigenvalue weighted by molar-refractivity contribution is 9.14. The average Bonchev–Trinajstić information content (AvgIpc) is 2.06. The molecule has 0 aromatic heterocycles. The van der Waals surface area contributed by atoms with Crippen LogP contribution in [0, 0.1) is 5.41 Å². The molecule has 0 aromatic carbocycles. The Bertz CT molecular complexity index is 359. The van der Waals surface area contributed by atoms with Gasteiger partial charge in [-0.3, -0.25) is 0 Å². The Kier molecular flexibility index (Phi) is 2.21. The molecule has 0 fully saturated rings. The molecule has 0 saturated heterocycles. The predicted molar refractivity (Wildman–Crippen MR) is 52.8 cm³/mol. The molecule has 5 heteroatoms. The van der Waals surface area contributed by atoms with Crippen molar-refractivity contribution < 1.29 is 8.42 Å². The second-order valence-corrected chi connectivity index (χ2v) is 6.83. The topological polar surface area (TPSA) is 46.5 Å². The monoisotopic (exact) mass is 251 g/mol. The molecule has 0 unspecified atom stereocenters. The van der Waals surface area contributed by atoms with Crippen molar-refractivity contribution in [3.05, 3.63) is 10.0 Å². The molecule has 0 saturated carbocycles. The van der Waals surface area contributed by atoms with Gasteiger partial charge in [0.25, 0.3) is 0 Å². The second kappa shape index (κ2) is 2.67. The van der Waals surface area contributed by atoms with Crippen molar-refractivity contribution in [1.29, 1.82) is 0 Å². The summed E-state index contributed by atoms with van der Waals surface area (Å²) in [5, 5.41) is 0.224. The normalized spacial score (nSPS) is 22.0. The first-order chi connectivity index (χ1) is 5.26. The average molecular weight is 252 g/mol. The summed E-state index contributed by atoms with van der Waals surface area (Å²) in [5.41, 5.74) is -0.426. The summed E-state index contributed by atoms with van der Waals surface area (Å²) in [6, 6.07) is 0. The van der Waals surface area contributed by atoms with Gasteiger partial charge in [0.15, 0.2) is 0 Å². The predicted octanol–water partition coefficient (Wildman–Crippen LogP) is 2.05. The van der Waals surface area contributed by atoms with Gasteiger partial charge in [0.1, 0.15) is 8.86 Å². The minimum absolute atomic E-state index is 0.153. The number of rotatable bonds is 0. The summed E-state index contributed by atoms with van der Waals surface area (Å²) in [6.45, 7) is 5.47. The van der Waals surface area contributed by atoms with Gasteiger partial charge in [-0.2, -0.15) is 0 Å². The first-order valence-electron chi connectivity index (χ1n) is 3.45. The van der Waals surface area contributed by atoms with Gasteiger partial charge in [-0.05, 0) is 15.9 Å². The van der Waals surface area contributed by atoms with Crippen molar-refractivity contribution in [3.63, 3.8) is 0 Å². The van der Waals surface area contributed by atoms with E-state index < -0.39 is 15.3 Å². The van der Waals surface area contributed by atoms with Crippen LogP contribution in [0.2, 0.25) is 0 Å². The summed E-state index contributed by atoms with van der Waals surface area (Å²) in [7, 11) is -3.30. The van der Waals surface area contributed by atoms with E-state index >= 15 is 0 Å². The minimum Gasteiger partial charge on any atom is -0.246 e. The third kappa shape index (κ3) is 1.47. The Labute approximate surface area is 80.6 Å². The Morgan fingerprint density at radius 3 is 2.08 bits per heavy atom. The van der Waals surface area contributed by atoms with Crippen LogP contribution in [-0.2, 0) is 9.84 Å². The van der Waals surface area contributed by atoms with Crippen LogP contribution in [0.15, 0.2) is 15.0 Å². The van der Waals surface area contributed by atoms with E-state index in [9.17, 15) is 8.42 Å². The molecule has 0 aliphatic carbocycles. The fraction of sp³-hybridized carbons (Fsp3) is 0.571. The Morgan fingerprint density at radius 1 is 1.42 bits per heavy atom. The van der Waals surface area contributed by atoms with Crippen molar-refractivity contribution in [2.45, 2.75) is 20.8 Å². The zero-order valence-corrected chi connectivity index (χ0v) is 9.53. The molecule has 1 aliphatic rings. The van der Waals surface area contributed by atoms with E-state index in [0.717, 1.165) is 0 Å². The molecular weight excluding hydrogens is 242 g/mol. The number of aliphatic imine (C=N–C) groups is 1. The van der Waals surface area contributed by atoms with Crippen molar-refractivity contribution in [2.75, 3.05) is 0 Å². The molecule has 0 amide bonds. The van der Waals surface area contributed by atoms with Gasteiger partial charge in [0.2, 0.25) is 9.84 Å². The van der Waals surface area contributed by atoms with E-state index in [-0.39, 0.29) is 8.86 Å². The van der Waals surface area contributed by atoms with Crippen molar-refractivity contribution in [2.24, 2.45) is 10.4 Å². The lowest BCUT2D eigenvalue weighted by molar-refractivity contribution is 0.582. The highest BCUT2D eigenvalue weighted by Gasteiger charge is 2.36. The minimum atomic E-state index is -3.30. The molecule has 0 aromatic rings.